The molecule has 1 aliphatic rings. The van der Waals surface area contributed by atoms with Crippen LogP contribution in [0.3, 0.4) is 0 Å². The highest BCUT2D eigenvalue weighted by molar-refractivity contribution is 9.10. The van der Waals surface area contributed by atoms with Crippen LogP contribution in [0.4, 0.5) is 0 Å². The van der Waals surface area contributed by atoms with Gasteiger partial charge in [0.1, 0.15) is 0 Å². The van der Waals surface area contributed by atoms with Crippen LogP contribution in [0.5, 0.6) is 0 Å². The Labute approximate surface area is 167 Å². The molecule has 0 aliphatic carbocycles. The summed E-state index contributed by atoms with van der Waals surface area (Å²) in [6.45, 7) is 1.60. The monoisotopic (exact) mass is 475 g/mol. The number of rotatable bonds is 3. The van der Waals surface area contributed by atoms with Crippen molar-refractivity contribution in [1.29, 1.82) is 0 Å². The van der Waals surface area contributed by atoms with Crippen molar-refractivity contribution in [2.75, 3.05) is 13.1 Å². The Morgan fingerprint density at radius 3 is 2.46 bits per heavy atom. The molecule has 3 heterocycles. The van der Waals surface area contributed by atoms with Crippen LogP contribution in [0.25, 0.3) is 11.0 Å². The van der Waals surface area contributed by atoms with E-state index in [2.05, 4.69) is 21.2 Å². The molecule has 0 bridgehead atoms. The lowest BCUT2D eigenvalue weighted by Crippen LogP contribution is -2.36. The number of thiophene rings is 1. The lowest BCUT2D eigenvalue weighted by molar-refractivity contribution is 0.367. The maximum Gasteiger partial charge on any atom is 0.343 e. The predicted octanol–water partition coefficient (Wildman–Crippen LogP) is 3.44. The maximum atomic E-state index is 13.3. The van der Waals surface area contributed by atoms with E-state index in [-0.39, 0.29) is 10.3 Å². The van der Waals surface area contributed by atoms with Crippen LogP contribution in [0.15, 0.2) is 43.8 Å². The van der Waals surface area contributed by atoms with Gasteiger partial charge in [-0.25, -0.2) is 4.79 Å². The van der Waals surface area contributed by atoms with Crippen LogP contribution >= 0.6 is 38.9 Å². The minimum atomic E-state index is -4.07. The van der Waals surface area contributed by atoms with E-state index in [4.69, 9.17) is 11.6 Å². The van der Waals surface area contributed by atoms with Gasteiger partial charge in [0.2, 0.25) is 0 Å². The second kappa shape index (κ2) is 6.79. The molecule has 0 saturated carbocycles. The highest BCUT2D eigenvalue weighted by Gasteiger charge is 2.31. The first kappa shape index (κ1) is 18.2. The van der Waals surface area contributed by atoms with E-state index < -0.39 is 15.7 Å². The van der Waals surface area contributed by atoms with Gasteiger partial charge in [0.15, 0.2) is 4.21 Å². The minimum Gasteiger partial charge on any atom is -0.317 e. The quantitative estimate of drug-likeness (QED) is 0.628. The number of hydrogen-bond donors (Lipinski definition) is 1. The van der Waals surface area contributed by atoms with Gasteiger partial charge in [-0.05, 0) is 60.1 Å². The smallest absolute Gasteiger partial charge is 0.317 e. The number of nitrogens with one attached hydrogen (secondary N) is 1. The third kappa shape index (κ3) is 2.86. The summed E-state index contributed by atoms with van der Waals surface area (Å²) in [6, 6.07) is 8.50. The Morgan fingerprint density at radius 2 is 1.85 bits per heavy atom. The zero-order valence-electron chi connectivity index (χ0n) is 13.5. The number of piperidine rings is 1. The summed E-state index contributed by atoms with van der Waals surface area (Å²) in [7, 11) is -4.07. The third-order valence-electron chi connectivity index (χ3n) is 4.51. The summed E-state index contributed by atoms with van der Waals surface area (Å²) in [5.41, 5.74) is 0.480. The van der Waals surface area contributed by atoms with Gasteiger partial charge in [-0.15, -0.1) is 11.3 Å². The SMILES string of the molecule is O=c1n(C2CCNCC2)c2ccccc2n1S(=O)(=O)c1sc(Cl)cc1Br. The van der Waals surface area contributed by atoms with Crippen molar-refractivity contribution in [3.63, 3.8) is 0 Å². The number of nitrogens with zero attached hydrogens (tertiary/aromatic N) is 2. The normalized spacial score (nSPS) is 16.4. The van der Waals surface area contributed by atoms with E-state index >= 15 is 0 Å². The minimum absolute atomic E-state index is 0.0258. The first-order valence-electron chi connectivity index (χ1n) is 8.04. The molecule has 0 atom stereocenters. The predicted molar refractivity (Wildman–Crippen MR) is 107 cm³/mol. The summed E-state index contributed by atoms with van der Waals surface area (Å²) >= 11 is 10.1. The zero-order chi connectivity index (χ0) is 18.5. The molecule has 4 rings (SSSR count). The number of benzene rings is 1. The summed E-state index contributed by atoms with van der Waals surface area (Å²) in [4.78, 5) is 13.2. The molecule has 1 aliphatic heterocycles. The van der Waals surface area contributed by atoms with Gasteiger partial charge in [0.25, 0.3) is 10.0 Å². The van der Waals surface area contributed by atoms with Gasteiger partial charge in [0.05, 0.1) is 19.8 Å². The van der Waals surface area contributed by atoms with Crippen molar-refractivity contribution in [2.24, 2.45) is 0 Å². The third-order valence-corrected chi connectivity index (χ3v) is 9.13. The summed E-state index contributed by atoms with van der Waals surface area (Å²) in [6.07, 6.45) is 1.56. The molecular formula is C16H15BrClN3O3S2. The number of para-hydroxylation sites is 2. The van der Waals surface area contributed by atoms with Crippen LogP contribution < -0.4 is 11.0 Å². The molecule has 2 aromatic heterocycles. The molecule has 0 unspecified atom stereocenters. The van der Waals surface area contributed by atoms with E-state index in [1.807, 2.05) is 6.07 Å². The van der Waals surface area contributed by atoms with Gasteiger partial charge in [-0.3, -0.25) is 4.57 Å². The van der Waals surface area contributed by atoms with Crippen molar-refractivity contribution in [2.45, 2.75) is 23.1 Å². The Kier molecular flexibility index (Phi) is 4.77. The standard InChI is InChI=1S/C16H15BrClN3O3S2/c17-11-9-14(18)25-15(11)26(23,24)21-13-4-2-1-3-12(13)20(16(21)22)10-5-7-19-8-6-10/h1-4,9-10,19H,5-8H2. The van der Waals surface area contributed by atoms with Crippen LogP contribution in [0.1, 0.15) is 18.9 Å². The van der Waals surface area contributed by atoms with E-state index in [1.165, 1.54) is 6.07 Å². The fourth-order valence-electron chi connectivity index (χ4n) is 3.38. The molecule has 0 amide bonds. The number of imidazole rings is 1. The molecule has 138 valence electrons. The molecule has 1 aromatic carbocycles. The Hall–Kier alpha value is -1.13. The Balaban J connectivity index is 2.01. The second-order valence-corrected chi connectivity index (χ2v) is 10.6. The van der Waals surface area contributed by atoms with E-state index in [1.54, 1.807) is 22.8 Å². The van der Waals surface area contributed by atoms with Crippen molar-refractivity contribution < 1.29 is 8.42 Å². The topological polar surface area (TPSA) is 73.1 Å². The first-order chi connectivity index (χ1) is 12.4. The molecular weight excluding hydrogens is 462 g/mol. The Morgan fingerprint density at radius 1 is 1.19 bits per heavy atom. The zero-order valence-corrected chi connectivity index (χ0v) is 17.5. The van der Waals surface area contributed by atoms with Gasteiger partial charge in [-0.1, -0.05) is 23.7 Å². The van der Waals surface area contributed by atoms with Crippen LogP contribution in [-0.2, 0) is 10.0 Å². The lowest BCUT2D eigenvalue weighted by Gasteiger charge is -2.23. The molecule has 6 nitrogen and oxygen atoms in total. The number of halogens is 2. The molecule has 26 heavy (non-hydrogen) atoms. The average molecular weight is 477 g/mol. The van der Waals surface area contributed by atoms with Gasteiger partial charge in [0, 0.05) is 6.04 Å². The van der Waals surface area contributed by atoms with Crippen molar-refractivity contribution >= 4 is 59.9 Å². The number of hydrogen-bond acceptors (Lipinski definition) is 5. The van der Waals surface area contributed by atoms with Gasteiger partial charge >= 0.3 is 5.69 Å². The molecule has 0 spiro atoms. The lowest BCUT2D eigenvalue weighted by atomic mass is 10.1. The first-order valence-corrected chi connectivity index (χ1v) is 11.5. The number of aromatic nitrogens is 2. The van der Waals surface area contributed by atoms with E-state index in [0.717, 1.165) is 41.2 Å². The fourth-order valence-corrected chi connectivity index (χ4v) is 7.83. The highest BCUT2D eigenvalue weighted by Crippen LogP contribution is 2.36. The summed E-state index contributed by atoms with van der Waals surface area (Å²) < 4.78 is 29.8. The Bertz CT molecular complexity index is 1140. The van der Waals surface area contributed by atoms with Crippen LogP contribution in [-0.4, -0.2) is 30.0 Å². The molecule has 1 fully saturated rings. The highest BCUT2D eigenvalue weighted by atomic mass is 79.9. The van der Waals surface area contributed by atoms with Crippen molar-refractivity contribution in [3.8, 4) is 0 Å². The largest absolute Gasteiger partial charge is 0.343 e. The van der Waals surface area contributed by atoms with Crippen LogP contribution in [0, 0.1) is 0 Å². The second-order valence-electron chi connectivity index (χ2n) is 6.08. The molecule has 1 N–H and O–H groups in total. The summed E-state index contributed by atoms with van der Waals surface area (Å²) in [5.74, 6) is 0. The summed E-state index contributed by atoms with van der Waals surface area (Å²) in [5, 5.41) is 3.27. The van der Waals surface area contributed by atoms with Crippen molar-refractivity contribution in [1.82, 2.24) is 13.9 Å². The van der Waals surface area contributed by atoms with E-state index in [0.29, 0.717) is 19.8 Å². The average Bonchev–Trinajstić information content (AvgIpc) is 3.11. The molecule has 10 heteroatoms. The fraction of sp³-hybridized carbons (Fsp3) is 0.312. The van der Waals surface area contributed by atoms with Crippen molar-refractivity contribution in [3.05, 3.63) is 49.6 Å². The molecule has 1 saturated heterocycles. The molecule has 0 radical (unpaired) electrons. The maximum absolute atomic E-state index is 13.3. The van der Waals surface area contributed by atoms with Crippen LogP contribution in [0.2, 0.25) is 4.34 Å². The molecule has 3 aromatic rings. The van der Waals surface area contributed by atoms with E-state index in [9.17, 15) is 13.2 Å². The van der Waals surface area contributed by atoms with Gasteiger partial charge in [-0.2, -0.15) is 12.4 Å². The number of fused-ring (bicyclic) bond motifs is 1. The van der Waals surface area contributed by atoms with Gasteiger partial charge < -0.3 is 5.32 Å².